The van der Waals surface area contributed by atoms with Crippen LogP contribution in [0.15, 0.2) is 47.4 Å². The number of piperidine rings is 1. The number of amides is 1. The van der Waals surface area contributed by atoms with Crippen LogP contribution in [0.4, 0.5) is 5.69 Å². The number of methoxy groups -OCH3 is 1. The maximum atomic E-state index is 13.5. The lowest BCUT2D eigenvalue weighted by Gasteiger charge is -2.35. The molecule has 7 nitrogen and oxygen atoms in total. The number of benzene rings is 2. The molecule has 1 aliphatic heterocycles. The average molecular weight is 522 g/mol. The van der Waals surface area contributed by atoms with Crippen LogP contribution >= 0.6 is 11.6 Å². The largest absolute Gasteiger partial charge is 0.495 e. The first kappa shape index (κ1) is 27.3. The highest BCUT2D eigenvalue weighted by Gasteiger charge is 2.28. The third-order valence-corrected chi connectivity index (χ3v) is 8.57. The van der Waals surface area contributed by atoms with E-state index in [2.05, 4.69) is 17.1 Å². The molecular weight excluding hydrogens is 486 g/mol. The Bertz CT molecular complexity index is 1090. The molecule has 1 amide bonds. The van der Waals surface area contributed by atoms with Crippen LogP contribution < -0.4 is 14.4 Å². The Morgan fingerprint density at radius 2 is 1.94 bits per heavy atom. The number of carbonyl (C=O) groups excluding carboxylic acids is 1. The third-order valence-electron chi connectivity index (χ3n) is 6.48. The van der Waals surface area contributed by atoms with Gasteiger partial charge in [-0.25, -0.2) is 8.42 Å². The predicted molar refractivity (Wildman–Crippen MR) is 141 cm³/mol. The fraction of sp³-hybridized carbons (Fsp3) is 0.500. The van der Waals surface area contributed by atoms with Gasteiger partial charge in [-0.1, -0.05) is 42.6 Å². The van der Waals surface area contributed by atoms with Crippen LogP contribution in [-0.2, 0) is 14.8 Å². The molecule has 35 heavy (non-hydrogen) atoms. The molecule has 0 radical (unpaired) electrons. The zero-order valence-corrected chi connectivity index (χ0v) is 22.4. The van der Waals surface area contributed by atoms with Crippen molar-refractivity contribution in [3.63, 3.8) is 0 Å². The number of halogens is 1. The van der Waals surface area contributed by atoms with Gasteiger partial charge >= 0.3 is 0 Å². The van der Waals surface area contributed by atoms with E-state index in [1.54, 1.807) is 36.4 Å². The van der Waals surface area contributed by atoms with Crippen LogP contribution in [0.25, 0.3) is 0 Å². The molecule has 2 aromatic rings. The van der Waals surface area contributed by atoms with Crippen molar-refractivity contribution < 1.29 is 17.9 Å². The van der Waals surface area contributed by atoms with E-state index in [1.807, 2.05) is 6.92 Å². The van der Waals surface area contributed by atoms with Gasteiger partial charge in [0.05, 0.1) is 22.7 Å². The second-order valence-corrected chi connectivity index (χ2v) is 11.2. The number of carbonyl (C=O) groups is 1. The standard InChI is InChI=1S/C26H36ClN3O4S/c1-4-21-8-5-6-16-29(21)17-7-15-28-26(31)19-30(22-11-14-25(34-3)24(27)18-22)35(32,33)23-12-9-20(2)10-13-23/h9-14,18,21H,4-8,15-17,19H2,1-3H3,(H,28,31). The summed E-state index contributed by atoms with van der Waals surface area (Å²) in [7, 11) is -2.51. The minimum Gasteiger partial charge on any atom is -0.495 e. The Kier molecular flexibility index (Phi) is 9.83. The van der Waals surface area contributed by atoms with E-state index in [0.717, 1.165) is 35.8 Å². The highest BCUT2D eigenvalue weighted by atomic mass is 35.5. The molecule has 3 rings (SSSR count). The number of likely N-dealkylation sites (tertiary alicyclic amines) is 1. The second kappa shape index (κ2) is 12.6. The molecule has 2 aromatic carbocycles. The minimum absolute atomic E-state index is 0.110. The first-order valence-electron chi connectivity index (χ1n) is 12.2. The summed E-state index contributed by atoms with van der Waals surface area (Å²) < 4.78 is 33.3. The lowest BCUT2D eigenvalue weighted by atomic mass is 10.00. The Morgan fingerprint density at radius 3 is 2.60 bits per heavy atom. The highest BCUT2D eigenvalue weighted by Crippen LogP contribution is 2.32. The van der Waals surface area contributed by atoms with Crippen LogP contribution in [0.1, 0.15) is 44.6 Å². The van der Waals surface area contributed by atoms with Gasteiger partial charge in [0.25, 0.3) is 10.0 Å². The monoisotopic (exact) mass is 521 g/mol. The van der Waals surface area contributed by atoms with Gasteiger partial charge < -0.3 is 15.0 Å². The van der Waals surface area contributed by atoms with Gasteiger partial charge in [-0.3, -0.25) is 9.10 Å². The first-order valence-corrected chi connectivity index (χ1v) is 14.0. The Labute approximate surface area is 214 Å². The third kappa shape index (κ3) is 7.12. The SMILES string of the molecule is CCC1CCCCN1CCCNC(=O)CN(c1ccc(OC)c(Cl)c1)S(=O)(=O)c1ccc(C)cc1. The fourth-order valence-electron chi connectivity index (χ4n) is 4.48. The maximum Gasteiger partial charge on any atom is 0.264 e. The van der Waals surface area contributed by atoms with Gasteiger partial charge in [0.2, 0.25) is 5.91 Å². The van der Waals surface area contributed by atoms with Crippen LogP contribution in [0.5, 0.6) is 5.75 Å². The van der Waals surface area contributed by atoms with Gasteiger partial charge in [0, 0.05) is 19.1 Å². The summed E-state index contributed by atoms with van der Waals surface area (Å²) in [5.41, 5.74) is 1.24. The molecule has 1 fully saturated rings. The molecule has 0 aromatic heterocycles. The van der Waals surface area contributed by atoms with Gasteiger partial charge in [-0.05, 0) is 69.5 Å². The van der Waals surface area contributed by atoms with Crippen LogP contribution in [0.2, 0.25) is 5.02 Å². The summed E-state index contributed by atoms with van der Waals surface area (Å²) in [5, 5.41) is 3.16. The van der Waals surface area contributed by atoms with Crippen molar-refractivity contribution in [1.29, 1.82) is 0 Å². The normalized spacial score (nSPS) is 16.6. The van der Waals surface area contributed by atoms with Crippen molar-refractivity contribution in [2.45, 2.75) is 56.9 Å². The highest BCUT2D eigenvalue weighted by molar-refractivity contribution is 7.92. The van der Waals surface area contributed by atoms with Crippen LogP contribution in [0, 0.1) is 6.92 Å². The van der Waals surface area contributed by atoms with Gasteiger partial charge in [-0.15, -0.1) is 0 Å². The molecule has 0 saturated carbocycles. The Balaban J connectivity index is 1.71. The lowest BCUT2D eigenvalue weighted by Crippen LogP contribution is -2.43. The van der Waals surface area contributed by atoms with E-state index in [1.165, 1.54) is 32.4 Å². The van der Waals surface area contributed by atoms with Gasteiger partial charge in [0.1, 0.15) is 12.3 Å². The maximum absolute atomic E-state index is 13.5. The molecular formula is C26H36ClN3O4S. The average Bonchev–Trinajstić information content (AvgIpc) is 2.85. The minimum atomic E-state index is -4.00. The van der Waals surface area contributed by atoms with Crippen LogP contribution in [-0.4, -0.2) is 58.6 Å². The summed E-state index contributed by atoms with van der Waals surface area (Å²) in [4.78, 5) is 15.5. The number of hydrogen-bond donors (Lipinski definition) is 1. The van der Waals surface area contributed by atoms with E-state index >= 15 is 0 Å². The molecule has 1 atom stereocenters. The van der Waals surface area contributed by atoms with E-state index in [-0.39, 0.29) is 22.4 Å². The lowest BCUT2D eigenvalue weighted by molar-refractivity contribution is -0.119. The smallest absolute Gasteiger partial charge is 0.264 e. The topological polar surface area (TPSA) is 79.0 Å². The number of sulfonamides is 1. The van der Waals surface area contributed by atoms with Crippen molar-refractivity contribution in [2.24, 2.45) is 0 Å². The van der Waals surface area contributed by atoms with E-state index in [0.29, 0.717) is 24.0 Å². The molecule has 1 heterocycles. The van der Waals surface area contributed by atoms with Crippen molar-refractivity contribution in [3.8, 4) is 5.75 Å². The molecule has 0 bridgehead atoms. The number of aryl methyl sites for hydroxylation is 1. The van der Waals surface area contributed by atoms with E-state index in [4.69, 9.17) is 16.3 Å². The zero-order valence-electron chi connectivity index (χ0n) is 20.8. The summed E-state index contributed by atoms with van der Waals surface area (Å²) >= 11 is 6.28. The van der Waals surface area contributed by atoms with Gasteiger partial charge in [0.15, 0.2) is 0 Å². The quantitative estimate of drug-likeness (QED) is 0.436. The summed E-state index contributed by atoms with van der Waals surface area (Å²) in [6, 6.07) is 11.9. The number of nitrogens with one attached hydrogen (secondary N) is 1. The molecule has 1 unspecified atom stereocenters. The number of anilines is 1. The first-order chi connectivity index (χ1) is 16.8. The predicted octanol–water partition coefficient (Wildman–Crippen LogP) is 4.62. The summed E-state index contributed by atoms with van der Waals surface area (Å²) in [5.74, 6) is 0.0639. The summed E-state index contributed by atoms with van der Waals surface area (Å²) in [6.45, 7) is 6.29. The number of ether oxygens (including phenoxy) is 1. The van der Waals surface area contributed by atoms with Gasteiger partial charge in [-0.2, -0.15) is 0 Å². The molecule has 1 aliphatic rings. The summed E-state index contributed by atoms with van der Waals surface area (Å²) in [6.07, 6.45) is 5.70. The zero-order chi connectivity index (χ0) is 25.4. The fourth-order valence-corrected chi connectivity index (χ4v) is 6.14. The Hall–Kier alpha value is -2.29. The van der Waals surface area contributed by atoms with E-state index < -0.39 is 10.0 Å². The Morgan fingerprint density at radius 1 is 1.20 bits per heavy atom. The molecule has 9 heteroatoms. The van der Waals surface area contributed by atoms with E-state index in [9.17, 15) is 13.2 Å². The second-order valence-electron chi connectivity index (χ2n) is 8.94. The molecule has 192 valence electrons. The van der Waals surface area contributed by atoms with Crippen molar-refractivity contribution in [2.75, 3.05) is 37.6 Å². The number of nitrogens with zero attached hydrogens (tertiary/aromatic N) is 2. The van der Waals surface area contributed by atoms with Crippen molar-refractivity contribution in [1.82, 2.24) is 10.2 Å². The van der Waals surface area contributed by atoms with Crippen molar-refractivity contribution >= 4 is 33.2 Å². The molecule has 1 N–H and O–H groups in total. The molecule has 0 spiro atoms. The number of hydrogen-bond acceptors (Lipinski definition) is 5. The molecule has 1 saturated heterocycles. The van der Waals surface area contributed by atoms with Crippen molar-refractivity contribution in [3.05, 3.63) is 53.1 Å². The molecule has 0 aliphatic carbocycles. The number of rotatable bonds is 11. The van der Waals surface area contributed by atoms with Crippen LogP contribution in [0.3, 0.4) is 0 Å².